The Bertz CT molecular complexity index is 483. The van der Waals surface area contributed by atoms with Crippen molar-refractivity contribution in [2.45, 2.75) is 65.0 Å². The fraction of sp³-hybridized carbons (Fsp3) is 0.611. The molecule has 1 aliphatic carbocycles. The van der Waals surface area contributed by atoms with Gasteiger partial charge in [-0.25, -0.2) is 4.79 Å². The topological polar surface area (TPSA) is 50.4 Å². The summed E-state index contributed by atoms with van der Waals surface area (Å²) >= 11 is 0. The van der Waals surface area contributed by atoms with Gasteiger partial charge in [0.1, 0.15) is 5.60 Å². The van der Waals surface area contributed by atoms with E-state index in [9.17, 15) is 4.79 Å². The number of carbonyl (C=O) groups excluding carboxylic acids is 1. The molecule has 0 radical (unpaired) electrons. The number of rotatable bonds is 3. The third-order valence-electron chi connectivity index (χ3n) is 3.92. The second-order valence-corrected chi connectivity index (χ2v) is 7.31. The van der Waals surface area contributed by atoms with Crippen LogP contribution in [0.2, 0.25) is 0 Å². The Balaban J connectivity index is 1.84. The van der Waals surface area contributed by atoms with E-state index in [1.807, 2.05) is 45.0 Å². The fourth-order valence-electron chi connectivity index (χ4n) is 2.71. The largest absolute Gasteiger partial charge is 0.444 e. The Hall–Kier alpha value is -1.71. The highest BCUT2D eigenvalue weighted by Crippen LogP contribution is 2.26. The third-order valence-corrected chi connectivity index (χ3v) is 3.92. The molecular formula is C18H28N2O2. The lowest BCUT2D eigenvalue weighted by molar-refractivity contribution is 0.0636. The summed E-state index contributed by atoms with van der Waals surface area (Å²) < 4.78 is 5.24. The molecule has 0 aliphatic heterocycles. The van der Waals surface area contributed by atoms with Crippen LogP contribution in [0.4, 0.5) is 16.2 Å². The Morgan fingerprint density at radius 3 is 2.14 bits per heavy atom. The Morgan fingerprint density at radius 1 is 1.05 bits per heavy atom. The van der Waals surface area contributed by atoms with Gasteiger partial charge in [0.15, 0.2) is 0 Å². The van der Waals surface area contributed by atoms with Crippen molar-refractivity contribution < 1.29 is 9.53 Å². The van der Waals surface area contributed by atoms with E-state index in [0.29, 0.717) is 6.04 Å². The van der Waals surface area contributed by atoms with Gasteiger partial charge in [-0.05, 0) is 76.6 Å². The van der Waals surface area contributed by atoms with Crippen LogP contribution < -0.4 is 10.6 Å². The lowest BCUT2D eigenvalue weighted by Gasteiger charge is -2.27. The molecule has 1 saturated carbocycles. The average Bonchev–Trinajstić information content (AvgIpc) is 2.41. The number of carbonyl (C=O) groups is 1. The second kappa shape index (κ2) is 7.03. The van der Waals surface area contributed by atoms with Crippen LogP contribution >= 0.6 is 0 Å². The summed E-state index contributed by atoms with van der Waals surface area (Å²) in [5.74, 6) is 0.860. The van der Waals surface area contributed by atoms with Gasteiger partial charge < -0.3 is 10.1 Å². The lowest BCUT2D eigenvalue weighted by atomic mass is 9.87. The zero-order chi connectivity index (χ0) is 16.2. The van der Waals surface area contributed by atoms with Crippen LogP contribution in [0, 0.1) is 5.92 Å². The number of hydrogen-bond acceptors (Lipinski definition) is 3. The quantitative estimate of drug-likeness (QED) is 0.824. The van der Waals surface area contributed by atoms with Gasteiger partial charge in [0.05, 0.1) is 0 Å². The number of hydrogen-bond donors (Lipinski definition) is 2. The minimum atomic E-state index is -0.482. The molecule has 0 unspecified atom stereocenters. The monoisotopic (exact) mass is 304 g/mol. The maximum atomic E-state index is 11.7. The van der Waals surface area contributed by atoms with Crippen LogP contribution in [-0.2, 0) is 4.74 Å². The molecule has 0 saturated heterocycles. The molecule has 4 heteroatoms. The number of nitrogens with one attached hydrogen (secondary N) is 2. The zero-order valence-corrected chi connectivity index (χ0v) is 14.1. The highest BCUT2D eigenvalue weighted by Gasteiger charge is 2.18. The number of anilines is 2. The van der Waals surface area contributed by atoms with Gasteiger partial charge >= 0.3 is 6.09 Å². The van der Waals surface area contributed by atoms with Crippen molar-refractivity contribution in [3.05, 3.63) is 24.3 Å². The van der Waals surface area contributed by atoms with E-state index in [0.717, 1.165) is 17.3 Å². The first kappa shape index (κ1) is 16.7. The first-order chi connectivity index (χ1) is 10.3. The molecule has 2 N–H and O–H groups in total. The van der Waals surface area contributed by atoms with E-state index in [4.69, 9.17) is 4.74 Å². The summed E-state index contributed by atoms with van der Waals surface area (Å²) in [5, 5.41) is 6.32. The summed E-state index contributed by atoms with van der Waals surface area (Å²) in [6, 6.07) is 8.38. The van der Waals surface area contributed by atoms with E-state index in [1.165, 1.54) is 25.7 Å². The molecule has 0 spiro atoms. The molecule has 0 atom stereocenters. The van der Waals surface area contributed by atoms with Gasteiger partial charge in [0.2, 0.25) is 0 Å². The maximum Gasteiger partial charge on any atom is 0.412 e. The lowest BCUT2D eigenvalue weighted by Crippen LogP contribution is -2.27. The molecule has 2 rings (SSSR count). The maximum absolute atomic E-state index is 11.7. The van der Waals surface area contributed by atoms with E-state index in [1.54, 1.807) is 0 Å². The smallest absolute Gasteiger partial charge is 0.412 e. The van der Waals surface area contributed by atoms with E-state index in [-0.39, 0.29) is 0 Å². The Labute approximate surface area is 133 Å². The highest BCUT2D eigenvalue weighted by molar-refractivity contribution is 5.85. The molecule has 0 heterocycles. The number of amides is 1. The summed E-state index contributed by atoms with van der Waals surface area (Å²) in [6.07, 6.45) is 4.65. The minimum Gasteiger partial charge on any atom is -0.444 e. The van der Waals surface area contributed by atoms with Crippen molar-refractivity contribution >= 4 is 17.5 Å². The number of benzene rings is 1. The van der Waals surface area contributed by atoms with Crippen molar-refractivity contribution in [1.82, 2.24) is 0 Å². The molecular weight excluding hydrogens is 276 g/mol. The summed E-state index contributed by atoms with van der Waals surface area (Å²) in [7, 11) is 0. The normalized spacial score (nSPS) is 22.0. The Kier molecular flexibility index (Phi) is 5.33. The van der Waals surface area contributed by atoms with Crippen molar-refractivity contribution in [3.8, 4) is 0 Å². The van der Waals surface area contributed by atoms with Crippen LogP contribution in [0.25, 0.3) is 0 Å². The van der Waals surface area contributed by atoms with Crippen LogP contribution in [-0.4, -0.2) is 17.7 Å². The molecule has 22 heavy (non-hydrogen) atoms. The SMILES string of the molecule is CC1CCC(Nc2ccc(NC(=O)OC(C)(C)C)cc2)CC1. The van der Waals surface area contributed by atoms with Crippen LogP contribution in [0.15, 0.2) is 24.3 Å². The van der Waals surface area contributed by atoms with Crippen molar-refractivity contribution in [2.24, 2.45) is 5.92 Å². The second-order valence-electron chi connectivity index (χ2n) is 7.31. The predicted octanol–water partition coefficient (Wildman–Crippen LogP) is 5.02. The molecule has 1 fully saturated rings. The highest BCUT2D eigenvalue weighted by atomic mass is 16.6. The molecule has 4 nitrogen and oxygen atoms in total. The number of ether oxygens (including phenoxy) is 1. The van der Waals surface area contributed by atoms with Crippen molar-refractivity contribution in [3.63, 3.8) is 0 Å². The van der Waals surface area contributed by atoms with Crippen molar-refractivity contribution in [2.75, 3.05) is 10.6 Å². The molecule has 122 valence electrons. The molecule has 1 amide bonds. The van der Waals surface area contributed by atoms with E-state index < -0.39 is 11.7 Å². The molecule has 0 bridgehead atoms. The third kappa shape index (κ3) is 5.58. The Morgan fingerprint density at radius 2 is 1.59 bits per heavy atom. The first-order valence-electron chi connectivity index (χ1n) is 8.18. The van der Waals surface area contributed by atoms with E-state index >= 15 is 0 Å². The predicted molar refractivity (Wildman–Crippen MR) is 91.3 cm³/mol. The van der Waals surface area contributed by atoms with Crippen molar-refractivity contribution in [1.29, 1.82) is 0 Å². The molecule has 0 aromatic heterocycles. The summed E-state index contributed by atoms with van der Waals surface area (Å²) in [5.41, 5.74) is 1.37. The van der Waals surface area contributed by atoms with E-state index in [2.05, 4.69) is 17.6 Å². The van der Waals surface area contributed by atoms with Gasteiger partial charge in [-0.2, -0.15) is 0 Å². The molecule has 1 aromatic rings. The van der Waals surface area contributed by atoms with Gasteiger partial charge in [-0.15, -0.1) is 0 Å². The van der Waals surface area contributed by atoms with Gasteiger partial charge in [-0.1, -0.05) is 6.92 Å². The first-order valence-corrected chi connectivity index (χ1v) is 8.18. The standard InChI is InChI=1S/C18H28N2O2/c1-13-5-7-14(8-6-13)19-15-9-11-16(12-10-15)20-17(21)22-18(2,3)4/h9-14,19H,5-8H2,1-4H3,(H,20,21). The van der Waals surface area contributed by atoms with Gasteiger partial charge in [0, 0.05) is 17.4 Å². The minimum absolute atomic E-state index is 0.422. The summed E-state index contributed by atoms with van der Waals surface area (Å²) in [6.45, 7) is 7.88. The zero-order valence-electron chi connectivity index (χ0n) is 14.1. The molecule has 1 aromatic carbocycles. The van der Waals surface area contributed by atoms with Gasteiger partial charge in [-0.3, -0.25) is 5.32 Å². The summed E-state index contributed by atoms with van der Waals surface area (Å²) in [4.78, 5) is 11.7. The van der Waals surface area contributed by atoms with Crippen LogP contribution in [0.3, 0.4) is 0 Å². The van der Waals surface area contributed by atoms with Gasteiger partial charge in [0.25, 0.3) is 0 Å². The fourth-order valence-corrected chi connectivity index (χ4v) is 2.71. The van der Waals surface area contributed by atoms with Crippen LogP contribution in [0.5, 0.6) is 0 Å². The molecule has 1 aliphatic rings. The average molecular weight is 304 g/mol. The van der Waals surface area contributed by atoms with Crippen LogP contribution in [0.1, 0.15) is 53.4 Å².